The topological polar surface area (TPSA) is 152 Å². The van der Waals surface area contributed by atoms with E-state index < -0.39 is 47.5 Å². The van der Waals surface area contributed by atoms with Gasteiger partial charge in [-0.15, -0.1) is 0 Å². The summed E-state index contributed by atoms with van der Waals surface area (Å²) in [6.07, 6.45) is 0.977. The number of aromatic nitrogens is 4. The zero-order valence-corrected chi connectivity index (χ0v) is 28.2. The molecule has 4 aromatic carbocycles. The Morgan fingerprint density at radius 1 is 0.600 bits per heavy atom. The first-order valence-electron chi connectivity index (χ1n) is 15.7. The summed E-state index contributed by atoms with van der Waals surface area (Å²) >= 11 is 3.38. The van der Waals surface area contributed by atoms with Gasteiger partial charge in [-0.3, -0.25) is 28.3 Å². The number of fused-ring (bicyclic) bond motifs is 2. The van der Waals surface area contributed by atoms with Gasteiger partial charge in [0.15, 0.2) is 0 Å². The number of rotatable bonds is 12. The SMILES string of the molecule is O=C(O)Cn1c(=O)c2cc(COC(=O)Cn3c(=O)c4cc(Br)ccc4n(CCc4ccccc4)c3=O)ccc2n(CCc2ccccc2)c1=O. The summed E-state index contributed by atoms with van der Waals surface area (Å²) in [4.78, 5) is 78.3. The van der Waals surface area contributed by atoms with Crippen LogP contribution in [0.4, 0.5) is 0 Å². The van der Waals surface area contributed by atoms with E-state index in [1.165, 1.54) is 15.2 Å². The number of esters is 1. The minimum Gasteiger partial charge on any atom is -0.480 e. The monoisotopic (exact) mass is 738 g/mol. The molecule has 0 atom stereocenters. The molecule has 0 aliphatic rings. The van der Waals surface area contributed by atoms with Crippen molar-refractivity contribution < 1.29 is 19.4 Å². The molecule has 2 heterocycles. The standard InChI is InChI=1S/C37H31BrN4O8/c38-27-12-14-31-29(20-27)35(47)42(37(49)40(31)18-16-25-9-5-2-6-10-25)22-33(45)50-23-26-11-13-30-28(19-26)34(46)41(21-32(43)44)36(48)39(30)17-15-24-7-3-1-4-8-24/h1-14,19-20H,15-18,21-23H2,(H,43,44). The van der Waals surface area contributed by atoms with Gasteiger partial charge in [0.1, 0.15) is 19.7 Å². The Kier molecular flexibility index (Phi) is 10.0. The molecule has 0 unspecified atom stereocenters. The second-order valence-electron chi connectivity index (χ2n) is 11.7. The Hall–Kier alpha value is -5.82. The predicted molar refractivity (Wildman–Crippen MR) is 190 cm³/mol. The molecule has 254 valence electrons. The van der Waals surface area contributed by atoms with E-state index in [1.54, 1.807) is 30.3 Å². The van der Waals surface area contributed by atoms with Crippen LogP contribution in [-0.2, 0) is 60.0 Å². The fourth-order valence-corrected chi connectivity index (χ4v) is 6.27. The molecule has 0 radical (unpaired) electrons. The van der Waals surface area contributed by atoms with Gasteiger partial charge in [0.25, 0.3) is 11.1 Å². The van der Waals surface area contributed by atoms with E-state index in [0.717, 1.165) is 15.7 Å². The van der Waals surface area contributed by atoms with E-state index in [2.05, 4.69) is 15.9 Å². The number of nitrogens with zero attached hydrogens (tertiary/aromatic N) is 4. The van der Waals surface area contributed by atoms with Crippen LogP contribution in [-0.4, -0.2) is 35.3 Å². The van der Waals surface area contributed by atoms with Crippen molar-refractivity contribution in [2.45, 2.75) is 45.6 Å². The lowest BCUT2D eigenvalue weighted by Gasteiger charge is -2.15. The lowest BCUT2D eigenvalue weighted by atomic mass is 10.1. The van der Waals surface area contributed by atoms with Gasteiger partial charge < -0.3 is 9.84 Å². The highest BCUT2D eigenvalue weighted by molar-refractivity contribution is 9.10. The number of benzene rings is 4. The highest BCUT2D eigenvalue weighted by Crippen LogP contribution is 2.17. The van der Waals surface area contributed by atoms with Gasteiger partial charge in [0, 0.05) is 17.6 Å². The number of carboxylic acid groups (broad SMARTS) is 1. The lowest BCUT2D eigenvalue weighted by molar-refractivity contribution is -0.145. The first-order chi connectivity index (χ1) is 24.1. The molecule has 6 rings (SSSR count). The van der Waals surface area contributed by atoms with Crippen LogP contribution in [0.2, 0.25) is 0 Å². The first kappa shape index (κ1) is 34.1. The van der Waals surface area contributed by atoms with Gasteiger partial charge in [-0.2, -0.15) is 0 Å². The molecule has 0 aliphatic heterocycles. The van der Waals surface area contributed by atoms with E-state index in [4.69, 9.17) is 4.74 Å². The van der Waals surface area contributed by atoms with Crippen molar-refractivity contribution in [3.63, 3.8) is 0 Å². The number of aliphatic carboxylic acids is 1. The molecule has 50 heavy (non-hydrogen) atoms. The molecule has 2 aromatic heterocycles. The van der Waals surface area contributed by atoms with Crippen molar-refractivity contribution in [1.29, 1.82) is 0 Å². The summed E-state index contributed by atoms with van der Waals surface area (Å²) in [6, 6.07) is 28.6. The van der Waals surface area contributed by atoms with Crippen LogP contribution >= 0.6 is 15.9 Å². The highest BCUT2D eigenvalue weighted by Gasteiger charge is 2.19. The minimum atomic E-state index is -1.35. The fraction of sp³-hybridized carbons (Fsp3) is 0.189. The quantitative estimate of drug-likeness (QED) is 0.187. The van der Waals surface area contributed by atoms with Gasteiger partial charge in [-0.1, -0.05) is 82.7 Å². The average Bonchev–Trinajstić information content (AvgIpc) is 3.12. The summed E-state index contributed by atoms with van der Waals surface area (Å²) in [7, 11) is 0. The number of carboxylic acids is 1. The van der Waals surface area contributed by atoms with Gasteiger partial charge in [0.2, 0.25) is 0 Å². The Morgan fingerprint density at radius 3 is 1.64 bits per heavy atom. The smallest absolute Gasteiger partial charge is 0.332 e. The third kappa shape index (κ3) is 7.27. The second kappa shape index (κ2) is 14.7. The molecule has 0 bridgehead atoms. The Balaban J connectivity index is 1.27. The van der Waals surface area contributed by atoms with Crippen molar-refractivity contribution in [1.82, 2.24) is 18.3 Å². The summed E-state index contributed by atoms with van der Waals surface area (Å²) in [5.74, 6) is -2.21. The van der Waals surface area contributed by atoms with Crippen LogP contribution in [0.15, 0.2) is 121 Å². The molecular weight excluding hydrogens is 708 g/mol. The maximum absolute atomic E-state index is 13.6. The molecule has 0 saturated heterocycles. The molecule has 13 heteroatoms. The number of aryl methyl sites for hydroxylation is 4. The second-order valence-corrected chi connectivity index (χ2v) is 12.6. The molecule has 0 saturated carbocycles. The molecule has 0 spiro atoms. The number of halogens is 1. The fourth-order valence-electron chi connectivity index (χ4n) is 5.91. The van der Waals surface area contributed by atoms with Gasteiger partial charge >= 0.3 is 23.3 Å². The number of hydrogen-bond donors (Lipinski definition) is 1. The van der Waals surface area contributed by atoms with Crippen LogP contribution in [0, 0.1) is 0 Å². The van der Waals surface area contributed by atoms with Crippen LogP contribution in [0.3, 0.4) is 0 Å². The van der Waals surface area contributed by atoms with E-state index in [9.17, 15) is 33.9 Å². The Bertz CT molecular complexity index is 2490. The van der Waals surface area contributed by atoms with E-state index in [1.807, 2.05) is 60.7 Å². The lowest BCUT2D eigenvalue weighted by Crippen LogP contribution is -2.42. The van der Waals surface area contributed by atoms with Crippen molar-refractivity contribution in [2.24, 2.45) is 0 Å². The number of carbonyl (C=O) groups excluding carboxylic acids is 1. The zero-order chi connectivity index (χ0) is 35.4. The third-order valence-electron chi connectivity index (χ3n) is 8.39. The van der Waals surface area contributed by atoms with Crippen LogP contribution in [0.5, 0.6) is 0 Å². The van der Waals surface area contributed by atoms with Crippen molar-refractivity contribution in [2.75, 3.05) is 0 Å². The third-order valence-corrected chi connectivity index (χ3v) is 8.88. The predicted octanol–water partition coefficient (Wildman–Crippen LogP) is 3.72. The van der Waals surface area contributed by atoms with Crippen molar-refractivity contribution in [3.8, 4) is 0 Å². The maximum atomic E-state index is 13.6. The van der Waals surface area contributed by atoms with Crippen LogP contribution in [0.1, 0.15) is 16.7 Å². The molecule has 12 nitrogen and oxygen atoms in total. The van der Waals surface area contributed by atoms with Gasteiger partial charge in [-0.25, -0.2) is 18.7 Å². The minimum absolute atomic E-state index is 0.0742. The van der Waals surface area contributed by atoms with Crippen LogP contribution < -0.4 is 22.5 Å². The van der Waals surface area contributed by atoms with E-state index in [0.29, 0.717) is 38.5 Å². The maximum Gasteiger partial charge on any atom is 0.332 e. The molecule has 0 fully saturated rings. The van der Waals surface area contributed by atoms with E-state index >= 15 is 0 Å². The number of ether oxygens (including phenoxy) is 1. The molecule has 0 aliphatic carbocycles. The molecule has 0 amide bonds. The van der Waals surface area contributed by atoms with Gasteiger partial charge in [-0.05, 0) is 59.9 Å². The molecule has 6 aromatic rings. The summed E-state index contributed by atoms with van der Waals surface area (Å²) in [5, 5.41) is 9.73. The van der Waals surface area contributed by atoms with E-state index in [-0.39, 0.29) is 30.5 Å². The largest absolute Gasteiger partial charge is 0.480 e. The average molecular weight is 740 g/mol. The van der Waals surface area contributed by atoms with Crippen LogP contribution in [0.25, 0.3) is 21.8 Å². The van der Waals surface area contributed by atoms with Crippen molar-refractivity contribution >= 4 is 49.7 Å². The molecule has 1 N–H and O–H groups in total. The summed E-state index contributed by atoms with van der Waals surface area (Å²) < 4.78 is 10.4. The summed E-state index contributed by atoms with van der Waals surface area (Å²) in [6.45, 7) is -1.33. The highest BCUT2D eigenvalue weighted by atomic mass is 79.9. The molecular formula is C37H31BrN4O8. The normalized spacial score (nSPS) is 11.2. The Morgan fingerprint density at radius 2 is 1.10 bits per heavy atom. The van der Waals surface area contributed by atoms with Gasteiger partial charge in [0.05, 0.1) is 21.8 Å². The number of carbonyl (C=O) groups is 2. The zero-order valence-electron chi connectivity index (χ0n) is 26.7. The number of hydrogen-bond acceptors (Lipinski definition) is 7. The first-order valence-corrected chi connectivity index (χ1v) is 16.5. The van der Waals surface area contributed by atoms with Crippen molar-refractivity contribution in [3.05, 3.63) is 160 Å². The summed E-state index contributed by atoms with van der Waals surface area (Å²) in [5.41, 5.74) is 0.242. The Labute approximate surface area is 292 Å².